The maximum absolute atomic E-state index is 12.5. The number of fused-ring (bicyclic) bond motifs is 2. The number of nitriles is 1. The second-order valence-electron chi connectivity index (χ2n) is 10.9. The molecule has 1 aliphatic heterocycles. The summed E-state index contributed by atoms with van der Waals surface area (Å²) >= 11 is 0. The number of nitrogens with zero attached hydrogens (tertiary/aromatic N) is 2. The van der Waals surface area contributed by atoms with Crippen molar-refractivity contribution < 1.29 is 4.79 Å². The van der Waals surface area contributed by atoms with Crippen LogP contribution in [-0.4, -0.2) is 55.9 Å². The minimum absolute atomic E-state index is 0.0341. The van der Waals surface area contributed by atoms with Gasteiger partial charge in [-0.2, -0.15) is 5.26 Å². The average molecular weight is 540 g/mol. The summed E-state index contributed by atoms with van der Waals surface area (Å²) in [4.78, 5) is 14.6. The Bertz CT molecular complexity index is 1300. The fourth-order valence-electron chi connectivity index (χ4n) is 6.29. The quantitative estimate of drug-likeness (QED) is 0.232. The zero-order valence-corrected chi connectivity index (χ0v) is 23.9. The predicted octanol–water partition coefficient (Wildman–Crippen LogP) is 3.43. The van der Waals surface area contributed by atoms with E-state index in [0.717, 1.165) is 71.4 Å². The summed E-state index contributed by atoms with van der Waals surface area (Å²) in [7, 11) is 3.48. The lowest BCUT2D eigenvalue weighted by Gasteiger charge is -2.38. The molecule has 0 spiro atoms. The Morgan fingerprint density at radius 2 is 1.77 bits per heavy atom. The molecule has 210 valence electrons. The van der Waals surface area contributed by atoms with E-state index in [9.17, 15) is 10.1 Å². The molecule has 1 aliphatic carbocycles. The van der Waals surface area contributed by atoms with Crippen LogP contribution in [0.3, 0.4) is 0 Å². The summed E-state index contributed by atoms with van der Waals surface area (Å²) in [5, 5.41) is 28.0. The van der Waals surface area contributed by atoms with Crippen LogP contribution in [0, 0.1) is 16.7 Å². The van der Waals surface area contributed by atoms with E-state index < -0.39 is 5.41 Å². The fourth-order valence-corrected chi connectivity index (χ4v) is 6.29. The third kappa shape index (κ3) is 5.34. The highest BCUT2D eigenvalue weighted by atomic mass is 16.1. The molecule has 8 nitrogen and oxygen atoms in total. The number of amides is 1. The number of hydrogen-bond acceptors (Lipinski definition) is 6. The van der Waals surface area contributed by atoms with Crippen LogP contribution in [-0.2, 0) is 18.3 Å². The normalized spacial score (nSPS) is 20.4. The summed E-state index contributed by atoms with van der Waals surface area (Å²) in [5.41, 5.74) is 13.1. The van der Waals surface area contributed by atoms with Gasteiger partial charge in [-0.1, -0.05) is 31.4 Å². The highest BCUT2D eigenvalue weighted by Crippen LogP contribution is 2.44. The zero-order chi connectivity index (χ0) is 29.0. The Balaban J connectivity index is 1.75. The Kier molecular flexibility index (Phi) is 8.65. The van der Waals surface area contributed by atoms with Crippen LogP contribution in [0.1, 0.15) is 64.4 Å². The van der Waals surface area contributed by atoms with Crippen LogP contribution in [0.25, 0.3) is 5.70 Å². The van der Waals surface area contributed by atoms with Gasteiger partial charge in [0.1, 0.15) is 11.9 Å². The van der Waals surface area contributed by atoms with Crippen molar-refractivity contribution in [2.24, 2.45) is 5.73 Å². The maximum atomic E-state index is 12.5. The average Bonchev–Trinajstić information content (AvgIpc) is 3.40. The summed E-state index contributed by atoms with van der Waals surface area (Å²) < 4.78 is 0. The van der Waals surface area contributed by atoms with E-state index in [-0.39, 0.29) is 23.8 Å². The van der Waals surface area contributed by atoms with Crippen LogP contribution < -0.4 is 21.7 Å². The van der Waals surface area contributed by atoms with E-state index in [0.29, 0.717) is 18.5 Å². The minimum Gasteiger partial charge on any atom is -0.388 e. The fraction of sp³-hybridized carbons (Fsp3) is 0.406. The van der Waals surface area contributed by atoms with E-state index in [4.69, 9.17) is 11.1 Å². The summed E-state index contributed by atoms with van der Waals surface area (Å²) in [6.07, 6.45) is 3.88. The number of aryl methyl sites for hydroxylation is 2. The lowest BCUT2D eigenvalue weighted by Crippen LogP contribution is -2.48. The molecule has 1 heterocycles. The lowest BCUT2D eigenvalue weighted by molar-refractivity contribution is 0.0963. The van der Waals surface area contributed by atoms with Crippen LogP contribution >= 0.6 is 0 Å². The lowest BCUT2D eigenvalue weighted by atomic mass is 9.67. The monoisotopic (exact) mass is 539 g/mol. The van der Waals surface area contributed by atoms with Gasteiger partial charge in [-0.05, 0) is 85.0 Å². The first-order valence-electron chi connectivity index (χ1n) is 13.9. The molecule has 2 aromatic carbocycles. The van der Waals surface area contributed by atoms with Crippen LogP contribution in [0.4, 0.5) is 0 Å². The van der Waals surface area contributed by atoms with E-state index in [1.54, 1.807) is 7.05 Å². The number of rotatable bonds is 10. The van der Waals surface area contributed by atoms with E-state index in [1.165, 1.54) is 0 Å². The molecule has 0 saturated carbocycles. The highest BCUT2D eigenvalue weighted by Gasteiger charge is 2.43. The number of carbonyl (C=O) groups is 1. The Morgan fingerprint density at radius 1 is 1.15 bits per heavy atom. The molecule has 1 saturated heterocycles. The summed E-state index contributed by atoms with van der Waals surface area (Å²) in [6.45, 7) is 11.9. The highest BCUT2D eigenvalue weighted by molar-refractivity contribution is 5.97. The van der Waals surface area contributed by atoms with Gasteiger partial charge in [0.25, 0.3) is 5.91 Å². The number of nitrogens with two attached hydrogens (primary N) is 1. The molecule has 4 rings (SSSR count). The molecule has 8 heteroatoms. The molecule has 40 heavy (non-hydrogen) atoms. The van der Waals surface area contributed by atoms with Gasteiger partial charge in [0, 0.05) is 50.2 Å². The van der Waals surface area contributed by atoms with Crippen molar-refractivity contribution in [2.45, 2.75) is 56.5 Å². The molecule has 1 amide bonds. The molecule has 0 aromatic heterocycles. The molecule has 2 unspecified atom stereocenters. The predicted molar refractivity (Wildman–Crippen MR) is 161 cm³/mol. The number of amidine groups is 1. The topological polar surface area (TPSA) is 130 Å². The smallest absolute Gasteiger partial charge is 0.251 e. The van der Waals surface area contributed by atoms with E-state index >= 15 is 0 Å². The number of carbonyl (C=O) groups excluding carboxylic acids is 1. The van der Waals surface area contributed by atoms with Gasteiger partial charge < -0.3 is 26.6 Å². The molecule has 1 fully saturated rings. The molecule has 0 bridgehead atoms. The third-order valence-corrected chi connectivity index (χ3v) is 8.47. The van der Waals surface area contributed by atoms with Gasteiger partial charge in [0.15, 0.2) is 0 Å². The van der Waals surface area contributed by atoms with Gasteiger partial charge in [-0.3, -0.25) is 10.2 Å². The van der Waals surface area contributed by atoms with Gasteiger partial charge in [-0.25, -0.2) is 0 Å². The molecule has 2 aromatic rings. The molecular formula is C32H41N7O. The van der Waals surface area contributed by atoms with Crippen molar-refractivity contribution >= 4 is 17.4 Å². The van der Waals surface area contributed by atoms with Crippen LogP contribution in [0.15, 0.2) is 55.3 Å². The molecule has 0 radical (unpaired) electrons. The molecular weight excluding hydrogens is 498 g/mol. The largest absolute Gasteiger partial charge is 0.388 e. The van der Waals surface area contributed by atoms with Gasteiger partial charge in [0.2, 0.25) is 0 Å². The van der Waals surface area contributed by atoms with Crippen molar-refractivity contribution in [1.29, 1.82) is 10.7 Å². The number of benzene rings is 2. The van der Waals surface area contributed by atoms with Crippen LogP contribution in [0.2, 0.25) is 0 Å². The first kappa shape index (κ1) is 28.9. The summed E-state index contributed by atoms with van der Waals surface area (Å²) in [5.74, 6) is -0.0712. The standard InChI is InChI=1S/C32H41N7O/c1-20(38-19-21(2)39-14-6-7-27(39)18-33)17-32(31(34)35)28-12-10-23(22(3)36-4)15-24(28)8-9-25-16-26(30(40)37-5)11-13-29(25)32/h10-13,15-16,20,27,36,38H,2-3,6-9,14,17,19H2,1,4-5H3,(H3,34,35)(H,37,40)/t20-,27?,32?/m0/s1. The Hall–Kier alpha value is -4.09. The second kappa shape index (κ2) is 12.0. The number of hydrogen-bond donors (Lipinski definition) is 5. The number of likely N-dealkylation sites (tertiary alicyclic amines) is 1. The van der Waals surface area contributed by atoms with Gasteiger partial charge in [-0.15, -0.1) is 0 Å². The van der Waals surface area contributed by atoms with E-state index in [1.807, 2.05) is 31.3 Å². The number of nitrogens with one attached hydrogen (secondary N) is 4. The van der Waals surface area contributed by atoms with Crippen molar-refractivity contribution in [3.8, 4) is 6.07 Å². The third-order valence-electron chi connectivity index (χ3n) is 8.47. The Morgan fingerprint density at radius 3 is 2.35 bits per heavy atom. The first-order valence-corrected chi connectivity index (χ1v) is 13.9. The van der Waals surface area contributed by atoms with Gasteiger partial charge in [0.05, 0.1) is 11.5 Å². The Labute approximate surface area is 237 Å². The first-order chi connectivity index (χ1) is 19.2. The molecule has 6 N–H and O–H groups in total. The van der Waals surface area contributed by atoms with Crippen molar-refractivity contribution in [1.82, 2.24) is 20.9 Å². The zero-order valence-electron chi connectivity index (χ0n) is 23.9. The SMILES string of the molecule is C=C(NC)c1ccc2c(c1)CCc1cc(C(=O)NC)ccc1C2(C[C@H](C)NCC(=C)N1CCCC1C#N)C(=N)N. The van der Waals surface area contributed by atoms with Crippen molar-refractivity contribution in [3.63, 3.8) is 0 Å². The second-order valence-corrected chi connectivity index (χ2v) is 10.9. The maximum Gasteiger partial charge on any atom is 0.251 e. The van der Waals surface area contributed by atoms with E-state index in [2.05, 4.69) is 59.1 Å². The minimum atomic E-state index is -0.890. The van der Waals surface area contributed by atoms with Crippen molar-refractivity contribution in [3.05, 3.63) is 88.6 Å². The molecule has 2 aliphatic rings. The van der Waals surface area contributed by atoms with Crippen LogP contribution in [0.5, 0.6) is 0 Å². The summed E-state index contributed by atoms with van der Waals surface area (Å²) in [6, 6.07) is 14.2. The molecule has 3 atom stereocenters. The van der Waals surface area contributed by atoms with Crippen molar-refractivity contribution in [2.75, 3.05) is 27.2 Å². The van der Waals surface area contributed by atoms with Gasteiger partial charge >= 0.3 is 0 Å².